The molecule has 0 saturated carbocycles. The molecule has 0 spiro atoms. The Labute approximate surface area is 96.3 Å². The van der Waals surface area contributed by atoms with Crippen molar-refractivity contribution in [2.24, 2.45) is 0 Å². The van der Waals surface area contributed by atoms with E-state index in [-0.39, 0.29) is 19.5 Å². The van der Waals surface area contributed by atoms with Crippen LogP contribution in [0.4, 0.5) is 0 Å². The number of hydrogen-bond acceptors (Lipinski definition) is 2. The number of aliphatic hydroxyl groups excluding tert-OH is 1. The topological polar surface area (TPSA) is 40.5 Å². The van der Waals surface area contributed by atoms with Crippen LogP contribution >= 0.6 is 0 Å². The van der Waals surface area contributed by atoms with Gasteiger partial charge in [0, 0.05) is 19.5 Å². The van der Waals surface area contributed by atoms with Gasteiger partial charge in [-0.25, -0.2) is 12.1 Å². The minimum absolute atomic E-state index is 0. The third-order valence-electron chi connectivity index (χ3n) is 1.54. The van der Waals surface area contributed by atoms with Gasteiger partial charge in [-0.2, -0.15) is 12.1 Å². The summed E-state index contributed by atoms with van der Waals surface area (Å²) in [5.74, 6) is 0. The molecule has 2 nitrogen and oxygen atoms in total. The van der Waals surface area contributed by atoms with Gasteiger partial charge in [-0.3, -0.25) is 0 Å². The van der Waals surface area contributed by atoms with Crippen molar-refractivity contribution in [2.75, 3.05) is 0 Å². The zero-order valence-electron chi connectivity index (χ0n) is 7.52. The molecule has 2 aromatic rings. The van der Waals surface area contributed by atoms with Crippen molar-refractivity contribution in [1.82, 2.24) is 0 Å². The van der Waals surface area contributed by atoms with E-state index in [0.29, 0.717) is 5.56 Å². The third-order valence-corrected chi connectivity index (χ3v) is 1.54. The molecule has 0 unspecified atom stereocenters. The minimum atomic E-state index is -1.31. The Bertz CT molecular complexity index is 268. The molecule has 3 heteroatoms. The van der Waals surface area contributed by atoms with Gasteiger partial charge in [0.1, 0.15) is 6.29 Å². The van der Waals surface area contributed by atoms with Gasteiger partial charge in [-0.1, -0.05) is 0 Å². The van der Waals surface area contributed by atoms with Crippen LogP contribution in [-0.2, 0) is 19.5 Å². The summed E-state index contributed by atoms with van der Waals surface area (Å²) in [4.78, 5) is 0. The van der Waals surface area contributed by atoms with Crippen molar-refractivity contribution >= 4 is 0 Å². The summed E-state index contributed by atoms with van der Waals surface area (Å²) in [5.41, 5.74) is 0.546. The smallest absolute Gasteiger partial charge is 0.131 e. The van der Waals surface area contributed by atoms with Crippen LogP contribution in [0.15, 0.2) is 54.6 Å². The van der Waals surface area contributed by atoms with Gasteiger partial charge in [0.05, 0.1) is 0 Å². The molecule has 0 atom stereocenters. The molecule has 0 fully saturated rings. The minimum Gasteiger partial charge on any atom is -0.748 e. The van der Waals surface area contributed by atoms with Gasteiger partial charge in [-0.05, 0) is 0 Å². The van der Waals surface area contributed by atoms with E-state index in [4.69, 9.17) is 10.2 Å². The summed E-state index contributed by atoms with van der Waals surface area (Å²) in [6, 6.07) is 16.8. The number of aliphatic hydroxyl groups is 2. The summed E-state index contributed by atoms with van der Waals surface area (Å²) < 4.78 is 0. The second-order valence-corrected chi connectivity index (χ2v) is 2.55. The Balaban J connectivity index is 0.000000246. The standard InChI is InChI=1S/C6H7O2.C5H5.Ru/c7-6(8)5-3-1-2-4-5;1-2-4-5-3-1;/h1-4,6-8H;1-5H;/q-1;-5;. The molecule has 2 rings (SSSR count). The Morgan fingerprint density at radius 2 is 1.21 bits per heavy atom. The van der Waals surface area contributed by atoms with Gasteiger partial charge in [-0.15, -0.1) is 5.56 Å². The monoisotopic (exact) mass is 278 g/mol. The van der Waals surface area contributed by atoms with Crippen LogP contribution in [0.5, 0.6) is 0 Å². The first-order chi connectivity index (χ1) is 6.30. The van der Waals surface area contributed by atoms with E-state index in [2.05, 4.69) is 0 Å². The van der Waals surface area contributed by atoms with Crippen molar-refractivity contribution in [3.05, 3.63) is 60.2 Å². The molecule has 2 aromatic carbocycles. The maximum Gasteiger partial charge on any atom is 0.131 e. The molecule has 2 N–H and O–H groups in total. The van der Waals surface area contributed by atoms with Crippen LogP contribution in [-0.4, -0.2) is 10.2 Å². The molecule has 0 aliphatic carbocycles. The van der Waals surface area contributed by atoms with E-state index in [1.54, 1.807) is 24.3 Å². The van der Waals surface area contributed by atoms with Gasteiger partial charge in [0.2, 0.25) is 0 Å². The van der Waals surface area contributed by atoms with Crippen LogP contribution in [0.25, 0.3) is 0 Å². The van der Waals surface area contributed by atoms with E-state index in [0.717, 1.165) is 0 Å². The van der Waals surface area contributed by atoms with Crippen LogP contribution in [0.2, 0.25) is 0 Å². The number of rotatable bonds is 1. The average Bonchev–Trinajstić information content (AvgIpc) is 2.82. The molecular formula is C11H12O2Ru-6. The SMILES string of the molecule is OC(O)[c-]1cccc1.[Ru].[cH-]1[cH-][cH-][cH-][cH-]1. The molecule has 0 aromatic heterocycles. The first-order valence-electron chi connectivity index (χ1n) is 4.05. The first kappa shape index (κ1) is 13.2. The van der Waals surface area contributed by atoms with Crippen molar-refractivity contribution in [2.45, 2.75) is 6.29 Å². The average molecular weight is 277 g/mol. The molecule has 14 heavy (non-hydrogen) atoms. The summed E-state index contributed by atoms with van der Waals surface area (Å²) in [6.45, 7) is 0. The Morgan fingerprint density at radius 1 is 0.857 bits per heavy atom. The van der Waals surface area contributed by atoms with Gasteiger partial charge < -0.3 is 40.5 Å². The molecule has 0 aliphatic heterocycles. The Morgan fingerprint density at radius 3 is 1.43 bits per heavy atom. The van der Waals surface area contributed by atoms with Crippen LogP contribution in [0, 0.1) is 0 Å². The fraction of sp³-hybridized carbons (Fsp3) is 0.0909. The van der Waals surface area contributed by atoms with Crippen molar-refractivity contribution in [3.63, 3.8) is 0 Å². The van der Waals surface area contributed by atoms with E-state index in [1.807, 2.05) is 30.3 Å². The van der Waals surface area contributed by atoms with Crippen molar-refractivity contribution in [3.8, 4) is 0 Å². The molecule has 0 amide bonds. The summed E-state index contributed by atoms with van der Waals surface area (Å²) in [6.07, 6.45) is -1.31. The largest absolute Gasteiger partial charge is 0.748 e. The van der Waals surface area contributed by atoms with Crippen LogP contribution in [0.3, 0.4) is 0 Å². The van der Waals surface area contributed by atoms with Gasteiger partial charge in [0.25, 0.3) is 0 Å². The second kappa shape index (κ2) is 7.63. The molecule has 0 bridgehead atoms. The van der Waals surface area contributed by atoms with Gasteiger partial charge in [0.15, 0.2) is 0 Å². The maximum atomic E-state index is 8.47. The quantitative estimate of drug-likeness (QED) is 0.474. The van der Waals surface area contributed by atoms with E-state index in [1.165, 1.54) is 0 Å². The van der Waals surface area contributed by atoms with Crippen LogP contribution in [0.1, 0.15) is 11.9 Å². The summed E-state index contributed by atoms with van der Waals surface area (Å²) >= 11 is 0. The first-order valence-corrected chi connectivity index (χ1v) is 4.05. The van der Waals surface area contributed by atoms with E-state index < -0.39 is 6.29 Å². The fourth-order valence-electron chi connectivity index (χ4n) is 0.882. The molecule has 0 heterocycles. The fourth-order valence-corrected chi connectivity index (χ4v) is 0.882. The molecule has 0 radical (unpaired) electrons. The molecule has 0 aliphatic rings. The predicted octanol–water partition coefficient (Wildman–Crippen LogP) is 1.79. The zero-order valence-corrected chi connectivity index (χ0v) is 9.26. The molecule has 82 valence electrons. The van der Waals surface area contributed by atoms with Gasteiger partial charge >= 0.3 is 0 Å². The molecule has 0 saturated heterocycles. The van der Waals surface area contributed by atoms with E-state index >= 15 is 0 Å². The molecular weight excluding hydrogens is 265 g/mol. The summed E-state index contributed by atoms with van der Waals surface area (Å²) in [5, 5.41) is 16.9. The zero-order chi connectivity index (χ0) is 9.52. The second-order valence-electron chi connectivity index (χ2n) is 2.55. The Kier molecular flexibility index (Phi) is 7.22. The summed E-state index contributed by atoms with van der Waals surface area (Å²) in [7, 11) is 0. The predicted molar refractivity (Wildman–Crippen MR) is 51.2 cm³/mol. The third kappa shape index (κ3) is 5.08. The normalized spacial score (nSPS) is 8.79. The number of hydrogen-bond donors (Lipinski definition) is 2. The van der Waals surface area contributed by atoms with Crippen molar-refractivity contribution < 1.29 is 29.7 Å². The Hall–Kier alpha value is -0.757. The van der Waals surface area contributed by atoms with E-state index in [9.17, 15) is 0 Å². The maximum absolute atomic E-state index is 8.47. The van der Waals surface area contributed by atoms with Crippen molar-refractivity contribution in [1.29, 1.82) is 0 Å². The van der Waals surface area contributed by atoms with Crippen LogP contribution < -0.4 is 0 Å².